The van der Waals surface area contributed by atoms with Crippen LogP contribution in [-0.2, 0) is 4.74 Å². The number of unbranched alkanes of at least 4 members (excludes halogenated alkanes) is 8. The molecule has 0 atom stereocenters. The van der Waals surface area contributed by atoms with Gasteiger partial charge in [-0.2, -0.15) is 0 Å². The van der Waals surface area contributed by atoms with Gasteiger partial charge in [-0.1, -0.05) is 58.3 Å². The molecule has 0 saturated heterocycles. The SMILES string of the molecule is C=C(O)OCCCCCCCCCCC. The Bertz CT molecular complexity index is 143. The molecule has 2 nitrogen and oxygen atoms in total. The average molecular weight is 214 g/mol. The standard InChI is InChI=1S/C13H26O2/c1-3-4-5-6-7-8-9-10-11-12-15-13(2)14/h14H,2-12H2,1H3. The summed E-state index contributed by atoms with van der Waals surface area (Å²) in [5.74, 6) is -0.158. The highest BCUT2D eigenvalue weighted by molar-refractivity contribution is 4.61. The van der Waals surface area contributed by atoms with Crippen LogP contribution in [0.4, 0.5) is 0 Å². The lowest BCUT2D eigenvalue weighted by Gasteiger charge is -2.03. The van der Waals surface area contributed by atoms with Crippen molar-refractivity contribution in [2.75, 3.05) is 6.61 Å². The summed E-state index contributed by atoms with van der Waals surface area (Å²) in [4.78, 5) is 0. The average Bonchev–Trinajstić information content (AvgIpc) is 2.20. The molecule has 0 aromatic heterocycles. The summed E-state index contributed by atoms with van der Waals surface area (Å²) in [5.41, 5.74) is 0. The van der Waals surface area contributed by atoms with Gasteiger partial charge in [0, 0.05) is 0 Å². The maximum absolute atomic E-state index is 8.66. The van der Waals surface area contributed by atoms with Crippen molar-refractivity contribution in [3.63, 3.8) is 0 Å². The van der Waals surface area contributed by atoms with Gasteiger partial charge < -0.3 is 9.84 Å². The van der Waals surface area contributed by atoms with Crippen molar-refractivity contribution < 1.29 is 9.84 Å². The van der Waals surface area contributed by atoms with Gasteiger partial charge in [0.05, 0.1) is 6.61 Å². The van der Waals surface area contributed by atoms with E-state index in [4.69, 9.17) is 9.84 Å². The number of aliphatic hydroxyl groups is 1. The van der Waals surface area contributed by atoms with Crippen LogP contribution in [0.1, 0.15) is 64.7 Å². The highest BCUT2D eigenvalue weighted by Gasteiger charge is 1.93. The molecule has 0 unspecified atom stereocenters. The Morgan fingerprint density at radius 2 is 1.40 bits per heavy atom. The van der Waals surface area contributed by atoms with Gasteiger partial charge in [0.15, 0.2) is 0 Å². The van der Waals surface area contributed by atoms with Gasteiger partial charge in [0.25, 0.3) is 5.95 Å². The van der Waals surface area contributed by atoms with Gasteiger partial charge in [-0.25, -0.2) is 0 Å². The largest absolute Gasteiger partial charge is 0.481 e. The van der Waals surface area contributed by atoms with Crippen LogP contribution < -0.4 is 0 Å². The Hall–Kier alpha value is -0.660. The molecule has 0 bridgehead atoms. The van der Waals surface area contributed by atoms with E-state index in [-0.39, 0.29) is 5.95 Å². The first-order valence-electron chi connectivity index (χ1n) is 6.28. The number of ether oxygens (including phenoxy) is 1. The Labute approximate surface area is 94.3 Å². The molecule has 0 heterocycles. The van der Waals surface area contributed by atoms with Gasteiger partial charge in [-0.15, -0.1) is 0 Å². The molecule has 0 radical (unpaired) electrons. The lowest BCUT2D eigenvalue weighted by Crippen LogP contribution is -1.93. The molecular weight excluding hydrogens is 188 g/mol. The van der Waals surface area contributed by atoms with E-state index in [1.165, 1.54) is 51.4 Å². The van der Waals surface area contributed by atoms with Crippen LogP contribution in [0.5, 0.6) is 0 Å². The third-order valence-corrected chi connectivity index (χ3v) is 2.52. The maximum atomic E-state index is 8.66. The normalized spacial score (nSPS) is 10.2. The molecule has 90 valence electrons. The van der Waals surface area contributed by atoms with Crippen LogP contribution in [0.25, 0.3) is 0 Å². The van der Waals surface area contributed by atoms with E-state index in [2.05, 4.69) is 13.5 Å². The summed E-state index contributed by atoms with van der Waals surface area (Å²) in [6.45, 7) is 6.11. The molecule has 0 amide bonds. The molecule has 0 spiro atoms. The molecular formula is C13H26O2. The number of aliphatic hydroxyl groups excluding tert-OH is 1. The van der Waals surface area contributed by atoms with Crippen molar-refractivity contribution in [2.45, 2.75) is 64.7 Å². The predicted octanol–water partition coefficient (Wildman–Crippen LogP) is 4.56. The maximum Gasteiger partial charge on any atom is 0.268 e. The third kappa shape index (κ3) is 13.3. The van der Waals surface area contributed by atoms with Crippen molar-refractivity contribution in [1.29, 1.82) is 0 Å². The van der Waals surface area contributed by atoms with Crippen LogP contribution in [0.15, 0.2) is 12.5 Å². The van der Waals surface area contributed by atoms with Gasteiger partial charge in [-0.3, -0.25) is 0 Å². The van der Waals surface area contributed by atoms with Gasteiger partial charge >= 0.3 is 0 Å². The van der Waals surface area contributed by atoms with Crippen LogP contribution in [0.2, 0.25) is 0 Å². The van der Waals surface area contributed by atoms with E-state index >= 15 is 0 Å². The number of hydrogen-bond acceptors (Lipinski definition) is 2. The Morgan fingerprint density at radius 3 is 1.87 bits per heavy atom. The molecule has 0 aromatic carbocycles. The number of rotatable bonds is 11. The number of hydrogen-bond donors (Lipinski definition) is 1. The minimum Gasteiger partial charge on any atom is -0.481 e. The summed E-state index contributed by atoms with van der Waals surface area (Å²) in [7, 11) is 0. The Kier molecular flexibility index (Phi) is 10.9. The molecule has 15 heavy (non-hydrogen) atoms. The lowest BCUT2D eigenvalue weighted by molar-refractivity contribution is 0.0926. The van der Waals surface area contributed by atoms with Gasteiger partial charge in [-0.05, 0) is 13.0 Å². The van der Waals surface area contributed by atoms with E-state index in [0.29, 0.717) is 6.61 Å². The van der Waals surface area contributed by atoms with Crippen molar-refractivity contribution in [2.24, 2.45) is 0 Å². The molecule has 0 aromatic rings. The van der Waals surface area contributed by atoms with Crippen LogP contribution in [0.3, 0.4) is 0 Å². The predicted molar refractivity (Wildman–Crippen MR) is 64.9 cm³/mol. The summed E-state index contributed by atoms with van der Waals surface area (Å²) in [5, 5.41) is 8.66. The second-order valence-electron chi connectivity index (χ2n) is 4.07. The smallest absolute Gasteiger partial charge is 0.268 e. The van der Waals surface area contributed by atoms with Crippen molar-refractivity contribution in [3.05, 3.63) is 12.5 Å². The van der Waals surface area contributed by atoms with Crippen LogP contribution in [-0.4, -0.2) is 11.7 Å². The zero-order chi connectivity index (χ0) is 11.4. The molecule has 0 aliphatic carbocycles. The first kappa shape index (κ1) is 14.3. The molecule has 0 aliphatic heterocycles. The van der Waals surface area contributed by atoms with Gasteiger partial charge in [0.1, 0.15) is 0 Å². The third-order valence-electron chi connectivity index (χ3n) is 2.52. The van der Waals surface area contributed by atoms with Gasteiger partial charge in [0.2, 0.25) is 0 Å². The zero-order valence-corrected chi connectivity index (χ0v) is 10.1. The lowest BCUT2D eigenvalue weighted by atomic mass is 10.1. The first-order chi connectivity index (χ1) is 7.27. The molecule has 0 rings (SSSR count). The second kappa shape index (κ2) is 11.4. The molecule has 0 fully saturated rings. The zero-order valence-electron chi connectivity index (χ0n) is 10.1. The molecule has 0 saturated carbocycles. The first-order valence-corrected chi connectivity index (χ1v) is 6.28. The Balaban J connectivity index is 2.89. The minimum atomic E-state index is -0.158. The Morgan fingerprint density at radius 1 is 0.933 bits per heavy atom. The second-order valence-corrected chi connectivity index (χ2v) is 4.07. The van der Waals surface area contributed by atoms with E-state index in [0.717, 1.165) is 6.42 Å². The fourth-order valence-electron chi connectivity index (χ4n) is 1.60. The van der Waals surface area contributed by atoms with Crippen LogP contribution in [0, 0.1) is 0 Å². The van der Waals surface area contributed by atoms with Crippen LogP contribution >= 0.6 is 0 Å². The topological polar surface area (TPSA) is 29.5 Å². The van der Waals surface area contributed by atoms with E-state index in [1.807, 2.05) is 0 Å². The quantitative estimate of drug-likeness (QED) is 0.403. The fraction of sp³-hybridized carbons (Fsp3) is 0.846. The summed E-state index contributed by atoms with van der Waals surface area (Å²) in [6, 6.07) is 0. The van der Waals surface area contributed by atoms with Crippen molar-refractivity contribution in [1.82, 2.24) is 0 Å². The molecule has 2 heteroatoms. The summed E-state index contributed by atoms with van der Waals surface area (Å²) >= 11 is 0. The van der Waals surface area contributed by atoms with Crippen molar-refractivity contribution in [3.8, 4) is 0 Å². The summed E-state index contributed by atoms with van der Waals surface area (Å²) < 4.78 is 4.86. The summed E-state index contributed by atoms with van der Waals surface area (Å²) in [6.07, 6.45) is 11.7. The van der Waals surface area contributed by atoms with E-state index in [1.54, 1.807) is 0 Å². The fourth-order valence-corrected chi connectivity index (χ4v) is 1.60. The van der Waals surface area contributed by atoms with E-state index in [9.17, 15) is 0 Å². The van der Waals surface area contributed by atoms with E-state index < -0.39 is 0 Å². The molecule has 0 aliphatic rings. The van der Waals surface area contributed by atoms with Crippen molar-refractivity contribution >= 4 is 0 Å². The monoisotopic (exact) mass is 214 g/mol. The minimum absolute atomic E-state index is 0.158. The highest BCUT2D eigenvalue weighted by atomic mass is 16.6. The highest BCUT2D eigenvalue weighted by Crippen LogP contribution is 2.09. The molecule has 1 N–H and O–H groups in total.